The molecule has 0 bridgehead atoms. The first-order valence-electron chi connectivity index (χ1n) is 5.74. The van der Waals surface area contributed by atoms with E-state index in [0.717, 1.165) is 5.69 Å². The van der Waals surface area contributed by atoms with E-state index in [4.69, 9.17) is 16.9 Å². The summed E-state index contributed by atoms with van der Waals surface area (Å²) in [5.74, 6) is -0.0990. The van der Waals surface area contributed by atoms with Crippen LogP contribution in [0.4, 0.5) is 15.8 Å². The third-order valence-electron chi connectivity index (χ3n) is 2.91. The van der Waals surface area contributed by atoms with E-state index in [9.17, 15) is 4.39 Å². The molecule has 0 spiro atoms. The maximum absolute atomic E-state index is 14.0. The maximum atomic E-state index is 14.0. The van der Waals surface area contributed by atoms with Crippen molar-refractivity contribution in [1.29, 1.82) is 5.26 Å². The lowest BCUT2D eigenvalue weighted by molar-refractivity contribution is 0.626. The molecule has 0 atom stereocenters. The van der Waals surface area contributed by atoms with Crippen molar-refractivity contribution in [2.75, 3.05) is 11.9 Å². The Morgan fingerprint density at radius 3 is 2.68 bits per heavy atom. The molecule has 0 aliphatic heterocycles. The normalized spacial score (nSPS) is 10.0. The molecule has 19 heavy (non-hydrogen) atoms. The highest BCUT2D eigenvalue weighted by atomic mass is 35.5. The van der Waals surface area contributed by atoms with Crippen LogP contribution in [0.15, 0.2) is 42.5 Å². The monoisotopic (exact) mass is 274 g/mol. The molecule has 0 saturated heterocycles. The predicted octanol–water partition coefficient (Wildman–Crippen LogP) is 4.20. The smallest absolute Gasteiger partial charge is 0.147 e. The second kappa shape index (κ2) is 5.73. The molecule has 0 heterocycles. The molecule has 4 heteroatoms. The average molecular weight is 275 g/mol. The molecule has 0 fully saturated rings. The van der Waals surface area contributed by atoms with Crippen LogP contribution < -0.4 is 4.90 Å². The molecule has 0 aromatic heterocycles. The number of benzene rings is 2. The van der Waals surface area contributed by atoms with Gasteiger partial charge in [-0.3, -0.25) is 0 Å². The molecule has 2 rings (SSSR count). The molecule has 2 aromatic rings. The first-order chi connectivity index (χ1) is 9.17. The highest BCUT2D eigenvalue weighted by Crippen LogP contribution is 2.31. The molecule has 96 valence electrons. The summed E-state index contributed by atoms with van der Waals surface area (Å²) in [5, 5.41) is 8.91. The zero-order valence-corrected chi connectivity index (χ0v) is 11.2. The lowest BCUT2D eigenvalue weighted by Gasteiger charge is -2.22. The Labute approximate surface area is 116 Å². The summed E-state index contributed by atoms with van der Waals surface area (Å²) in [6, 6.07) is 13.9. The molecule has 0 amide bonds. The number of rotatable bonds is 3. The van der Waals surface area contributed by atoms with Gasteiger partial charge >= 0.3 is 0 Å². The number of halogens is 2. The fraction of sp³-hybridized carbons (Fsp3) is 0.133. The number of para-hydroxylation sites is 1. The summed E-state index contributed by atoms with van der Waals surface area (Å²) in [7, 11) is 1.75. The number of nitriles is 1. The predicted molar refractivity (Wildman–Crippen MR) is 75.2 cm³/mol. The summed E-state index contributed by atoms with van der Waals surface area (Å²) in [4.78, 5) is 1.70. The Bertz CT molecular complexity index is 634. The van der Waals surface area contributed by atoms with Crippen molar-refractivity contribution in [3.63, 3.8) is 0 Å². The maximum Gasteiger partial charge on any atom is 0.147 e. The Balaban J connectivity index is 2.50. The second-order valence-electron chi connectivity index (χ2n) is 4.10. The highest BCUT2D eigenvalue weighted by molar-refractivity contribution is 6.17. The summed E-state index contributed by atoms with van der Waals surface area (Å²) >= 11 is 5.85. The van der Waals surface area contributed by atoms with Crippen LogP contribution in [0, 0.1) is 17.1 Å². The van der Waals surface area contributed by atoms with E-state index in [-0.39, 0.29) is 11.7 Å². The van der Waals surface area contributed by atoms with Gasteiger partial charge in [-0.25, -0.2) is 4.39 Å². The minimum absolute atomic E-state index is 0.232. The summed E-state index contributed by atoms with van der Waals surface area (Å²) in [6.45, 7) is 0. The van der Waals surface area contributed by atoms with Crippen LogP contribution in [0.2, 0.25) is 0 Å². The van der Waals surface area contributed by atoms with E-state index in [1.54, 1.807) is 42.3 Å². The quantitative estimate of drug-likeness (QED) is 0.784. The van der Waals surface area contributed by atoms with E-state index in [1.807, 2.05) is 6.07 Å². The third-order valence-corrected chi connectivity index (χ3v) is 3.20. The number of alkyl halides is 1. The number of nitrogens with zero attached hydrogens (tertiary/aromatic N) is 2. The van der Waals surface area contributed by atoms with Crippen molar-refractivity contribution >= 4 is 23.0 Å². The number of hydrogen-bond donors (Lipinski definition) is 0. The van der Waals surface area contributed by atoms with Crippen molar-refractivity contribution in [2.45, 2.75) is 5.88 Å². The lowest BCUT2D eigenvalue weighted by atomic mass is 10.1. The van der Waals surface area contributed by atoms with Crippen LogP contribution in [0.1, 0.15) is 11.1 Å². The molecular formula is C15H12ClFN2. The van der Waals surface area contributed by atoms with E-state index in [2.05, 4.69) is 6.07 Å². The molecule has 2 nitrogen and oxygen atoms in total. The van der Waals surface area contributed by atoms with Gasteiger partial charge in [0, 0.05) is 18.6 Å². The highest BCUT2D eigenvalue weighted by Gasteiger charge is 2.14. The van der Waals surface area contributed by atoms with Gasteiger partial charge in [0.2, 0.25) is 0 Å². The van der Waals surface area contributed by atoms with E-state index in [0.29, 0.717) is 16.8 Å². The minimum atomic E-state index is -0.331. The summed E-state index contributed by atoms with van der Waals surface area (Å²) < 4.78 is 14.0. The fourth-order valence-electron chi connectivity index (χ4n) is 1.96. The molecular weight excluding hydrogens is 263 g/mol. The van der Waals surface area contributed by atoms with Gasteiger partial charge in [0.1, 0.15) is 5.82 Å². The van der Waals surface area contributed by atoms with Crippen molar-refractivity contribution in [3.8, 4) is 6.07 Å². The number of anilines is 2. The first kappa shape index (κ1) is 13.4. The molecule has 0 radical (unpaired) electrons. The fourth-order valence-corrected chi connectivity index (χ4v) is 2.17. The molecule has 0 aliphatic rings. The minimum Gasteiger partial charge on any atom is -0.342 e. The molecule has 0 saturated carbocycles. The van der Waals surface area contributed by atoms with Gasteiger partial charge in [-0.15, -0.1) is 11.6 Å². The Morgan fingerprint density at radius 1 is 1.26 bits per heavy atom. The Morgan fingerprint density at radius 2 is 2.00 bits per heavy atom. The standard InChI is InChI=1S/C15H12ClFN2/c1-19(13-6-2-4-11(8-13)10-18)15-12(9-16)5-3-7-14(15)17/h2-8H,9H2,1H3. The molecule has 0 N–H and O–H groups in total. The zero-order valence-electron chi connectivity index (χ0n) is 10.4. The van der Waals surface area contributed by atoms with Crippen molar-refractivity contribution in [2.24, 2.45) is 0 Å². The van der Waals surface area contributed by atoms with Crippen LogP contribution in [0.3, 0.4) is 0 Å². The summed E-state index contributed by atoms with van der Waals surface area (Å²) in [6.07, 6.45) is 0. The first-order valence-corrected chi connectivity index (χ1v) is 6.28. The molecule has 0 unspecified atom stereocenters. The zero-order chi connectivity index (χ0) is 13.8. The van der Waals surface area contributed by atoms with Gasteiger partial charge in [0.25, 0.3) is 0 Å². The largest absolute Gasteiger partial charge is 0.342 e. The van der Waals surface area contributed by atoms with Crippen LogP contribution in [0.5, 0.6) is 0 Å². The van der Waals surface area contributed by atoms with Crippen LogP contribution in [0.25, 0.3) is 0 Å². The van der Waals surface area contributed by atoms with Gasteiger partial charge in [-0.2, -0.15) is 5.26 Å². The Hall–Kier alpha value is -2.05. The SMILES string of the molecule is CN(c1cccc(C#N)c1)c1c(F)cccc1CCl. The topological polar surface area (TPSA) is 27.0 Å². The number of hydrogen-bond acceptors (Lipinski definition) is 2. The van der Waals surface area contributed by atoms with Gasteiger partial charge in [-0.05, 0) is 29.8 Å². The van der Waals surface area contributed by atoms with Gasteiger partial charge in [0.15, 0.2) is 0 Å². The Kier molecular flexibility index (Phi) is 4.03. The molecule has 2 aromatic carbocycles. The van der Waals surface area contributed by atoms with E-state index >= 15 is 0 Å². The third kappa shape index (κ3) is 2.69. The van der Waals surface area contributed by atoms with Gasteiger partial charge < -0.3 is 4.90 Å². The van der Waals surface area contributed by atoms with Gasteiger partial charge in [0.05, 0.1) is 17.3 Å². The average Bonchev–Trinajstić information content (AvgIpc) is 2.46. The van der Waals surface area contributed by atoms with Crippen LogP contribution in [-0.2, 0) is 5.88 Å². The lowest BCUT2D eigenvalue weighted by Crippen LogP contribution is -2.13. The van der Waals surface area contributed by atoms with Gasteiger partial charge in [-0.1, -0.05) is 18.2 Å². The van der Waals surface area contributed by atoms with E-state index in [1.165, 1.54) is 6.07 Å². The summed E-state index contributed by atoms with van der Waals surface area (Å²) in [5.41, 5.74) is 2.43. The van der Waals surface area contributed by atoms with Crippen molar-refractivity contribution in [1.82, 2.24) is 0 Å². The van der Waals surface area contributed by atoms with Crippen LogP contribution >= 0.6 is 11.6 Å². The van der Waals surface area contributed by atoms with E-state index < -0.39 is 0 Å². The molecule has 0 aliphatic carbocycles. The van der Waals surface area contributed by atoms with Crippen molar-refractivity contribution in [3.05, 3.63) is 59.4 Å². The second-order valence-corrected chi connectivity index (χ2v) is 4.37. The van der Waals surface area contributed by atoms with Crippen molar-refractivity contribution < 1.29 is 4.39 Å². The van der Waals surface area contributed by atoms with Crippen LogP contribution in [-0.4, -0.2) is 7.05 Å².